The number of benzene rings is 1. The number of alkyl carbamates (subject to hydrolysis) is 1. The van der Waals surface area contributed by atoms with Gasteiger partial charge in [0.2, 0.25) is 0 Å². The molecule has 0 saturated carbocycles. The molecule has 2 N–H and O–H groups in total. The second-order valence-electron chi connectivity index (χ2n) is 6.33. The molecule has 1 aromatic carbocycles. The molecule has 0 aliphatic heterocycles. The summed E-state index contributed by atoms with van der Waals surface area (Å²) in [7, 11) is 0. The Morgan fingerprint density at radius 2 is 1.96 bits per heavy atom. The summed E-state index contributed by atoms with van der Waals surface area (Å²) < 4.78 is 11.0. The van der Waals surface area contributed by atoms with Gasteiger partial charge in [-0.05, 0) is 43.9 Å². The highest BCUT2D eigenvalue weighted by molar-refractivity contribution is 5.89. The second kappa shape index (κ2) is 10.6. The van der Waals surface area contributed by atoms with E-state index in [1.54, 1.807) is 0 Å². The Bertz CT molecular complexity index is 651. The minimum atomic E-state index is -0.299. The number of hydrogen-bond donors (Lipinski definition) is 2. The molecule has 25 heavy (non-hydrogen) atoms. The van der Waals surface area contributed by atoms with Crippen LogP contribution in [0.15, 0.2) is 24.4 Å². The van der Waals surface area contributed by atoms with Gasteiger partial charge in [0.25, 0.3) is 0 Å². The van der Waals surface area contributed by atoms with Gasteiger partial charge in [0, 0.05) is 23.6 Å². The molecule has 0 saturated heterocycles. The summed E-state index contributed by atoms with van der Waals surface area (Å²) in [5, 5.41) is 3.96. The zero-order valence-electron chi connectivity index (χ0n) is 15.4. The van der Waals surface area contributed by atoms with Crippen molar-refractivity contribution in [1.29, 1.82) is 0 Å². The smallest absolute Gasteiger partial charge is 0.407 e. The van der Waals surface area contributed by atoms with Crippen LogP contribution in [0.25, 0.3) is 10.9 Å². The number of aryl methyl sites for hydroxylation is 1. The Balaban J connectivity index is 1.54. The molecule has 0 bridgehead atoms. The molecular formula is C20H30N2O3. The van der Waals surface area contributed by atoms with E-state index < -0.39 is 0 Å². The summed E-state index contributed by atoms with van der Waals surface area (Å²) >= 11 is 0. The molecule has 138 valence electrons. The first-order chi connectivity index (χ1) is 12.2. The number of aromatic nitrogens is 1. The van der Waals surface area contributed by atoms with Gasteiger partial charge in [-0.15, -0.1) is 0 Å². The van der Waals surface area contributed by atoms with E-state index in [1.165, 1.54) is 10.9 Å². The number of hydrogen-bond acceptors (Lipinski definition) is 3. The normalized spacial score (nSPS) is 10.8. The van der Waals surface area contributed by atoms with Crippen molar-refractivity contribution in [3.63, 3.8) is 0 Å². The van der Waals surface area contributed by atoms with E-state index in [4.69, 9.17) is 9.47 Å². The third-order valence-corrected chi connectivity index (χ3v) is 4.19. The van der Waals surface area contributed by atoms with Gasteiger partial charge in [0.15, 0.2) is 0 Å². The van der Waals surface area contributed by atoms with Crippen LogP contribution in [-0.4, -0.2) is 30.8 Å². The predicted octanol–water partition coefficient (Wildman–Crippen LogP) is 4.94. The van der Waals surface area contributed by atoms with Gasteiger partial charge in [0.1, 0.15) is 5.75 Å². The molecule has 1 aromatic heterocycles. The van der Waals surface area contributed by atoms with Gasteiger partial charge in [-0.2, -0.15) is 0 Å². The van der Waals surface area contributed by atoms with Crippen LogP contribution >= 0.6 is 0 Å². The first kappa shape index (κ1) is 19.2. The van der Waals surface area contributed by atoms with Gasteiger partial charge >= 0.3 is 6.09 Å². The van der Waals surface area contributed by atoms with Crippen molar-refractivity contribution >= 4 is 17.0 Å². The highest BCUT2D eigenvalue weighted by Crippen LogP contribution is 2.28. The topological polar surface area (TPSA) is 63.4 Å². The summed E-state index contributed by atoms with van der Waals surface area (Å²) in [6.45, 7) is 6.06. The highest BCUT2D eigenvalue weighted by atomic mass is 16.5. The fourth-order valence-electron chi connectivity index (χ4n) is 2.75. The van der Waals surface area contributed by atoms with E-state index in [1.807, 2.05) is 18.3 Å². The summed E-state index contributed by atoms with van der Waals surface area (Å²) in [5.74, 6) is 0.952. The van der Waals surface area contributed by atoms with E-state index in [-0.39, 0.29) is 6.09 Å². The van der Waals surface area contributed by atoms with Crippen LogP contribution in [0.5, 0.6) is 5.75 Å². The number of fused-ring (bicyclic) bond motifs is 1. The minimum absolute atomic E-state index is 0.299. The zero-order valence-corrected chi connectivity index (χ0v) is 15.4. The lowest BCUT2D eigenvalue weighted by molar-refractivity contribution is 0.144. The molecule has 2 rings (SSSR count). The number of unbranched alkanes of at least 4 members (excludes halogenated alkanes) is 4. The summed E-state index contributed by atoms with van der Waals surface area (Å²) in [6.07, 6.45) is 7.82. The molecule has 2 aromatic rings. The van der Waals surface area contributed by atoms with E-state index in [2.05, 4.69) is 30.2 Å². The number of carbonyl (C=O) groups is 1. The number of rotatable bonds is 11. The van der Waals surface area contributed by atoms with Gasteiger partial charge in [-0.25, -0.2) is 4.79 Å². The Labute approximate surface area is 150 Å². The molecule has 1 heterocycles. The fourth-order valence-corrected chi connectivity index (χ4v) is 2.75. The molecule has 0 atom stereocenters. The first-order valence-corrected chi connectivity index (χ1v) is 9.32. The van der Waals surface area contributed by atoms with Gasteiger partial charge < -0.3 is 19.8 Å². The average molecular weight is 346 g/mol. The van der Waals surface area contributed by atoms with Crippen LogP contribution in [0, 0.1) is 6.92 Å². The van der Waals surface area contributed by atoms with Crippen LogP contribution < -0.4 is 10.1 Å². The third kappa shape index (κ3) is 6.33. The van der Waals surface area contributed by atoms with Crippen molar-refractivity contribution in [3.05, 3.63) is 30.0 Å². The van der Waals surface area contributed by atoms with Crippen LogP contribution in [0.3, 0.4) is 0 Å². The molecule has 0 aliphatic rings. The number of aromatic amines is 1. The van der Waals surface area contributed by atoms with E-state index in [0.29, 0.717) is 13.2 Å². The monoisotopic (exact) mass is 346 g/mol. The van der Waals surface area contributed by atoms with E-state index >= 15 is 0 Å². The largest absolute Gasteiger partial charge is 0.493 e. The standard InChI is InChI=1S/C20H30N2O3/c1-3-4-13-25-20(23)21-12-7-5-6-8-14-24-18-11-9-10-17-19(18)16(2)15-22-17/h9-11,15,22H,3-8,12-14H2,1-2H3,(H,21,23). The Kier molecular flexibility index (Phi) is 8.16. The molecule has 0 spiro atoms. The van der Waals surface area contributed by atoms with Crippen molar-refractivity contribution in [2.75, 3.05) is 19.8 Å². The quantitative estimate of drug-likeness (QED) is 0.566. The maximum absolute atomic E-state index is 11.4. The third-order valence-electron chi connectivity index (χ3n) is 4.19. The molecule has 0 fully saturated rings. The number of H-pyrrole nitrogens is 1. The van der Waals surface area contributed by atoms with Crippen LogP contribution in [0.4, 0.5) is 4.79 Å². The molecule has 1 amide bonds. The molecule has 0 radical (unpaired) electrons. The maximum Gasteiger partial charge on any atom is 0.407 e. The predicted molar refractivity (Wildman–Crippen MR) is 101 cm³/mol. The van der Waals surface area contributed by atoms with E-state index in [9.17, 15) is 4.79 Å². The number of amides is 1. The van der Waals surface area contributed by atoms with Crippen molar-refractivity contribution < 1.29 is 14.3 Å². The molecule has 0 aliphatic carbocycles. The van der Waals surface area contributed by atoms with Crippen molar-refractivity contribution in [2.24, 2.45) is 0 Å². The minimum Gasteiger partial charge on any atom is -0.493 e. The van der Waals surface area contributed by atoms with Gasteiger partial charge in [0.05, 0.1) is 13.2 Å². The van der Waals surface area contributed by atoms with Crippen molar-refractivity contribution in [1.82, 2.24) is 10.3 Å². The second-order valence-corrected chi connectivity index (χ2v) is 6.33. The number of ether oxygens (including phenoxy) is 2. The summed E-state index contributed by atoms with van der Waals surface area (Å²) in [6, 6.07) is 6.10. The lowest BCUT2D eigenvalue weighted by Crippen LogP contribution is -2.25. The number of carbonyl (C=O) groups excluding carboxylic acids is 1. The molecule has 5 nitrogen and oxygen atoms in total. The van der Waals surface area contributed by atoms with Crippen LogP contribution in [-0.2, 0) is 4.74 Å². The molecule has 5 heteroatoms. The lowest BCUT2D eigenvalue weighted by atomic mass is 10.1. The van der Waals surface area contributed by atoms with Crippen LogP contribution in [0.1, 0.15) is 51.0 Å². The van der Waals surface area contributed by atoms with Crippen LogP contribution in [0.2, 0.25) is 0 Å². The Morgan fingerprint density at radius 1 is 1.12 bits per heavy atom. The highest BCUT2D eigenvalue weighted by Gasteiger charge is 2.06. The first-order valence-electron chi connectivity index (χ1n) is 9.32. The molecule has 0 unspecified atom stereocenters. The number of nitrogens with one attached hydrogen (secondary N) is 2. The zero-order chi connectivity index (χ0) is 17.9. The van der Waals surface area contributed by atoms with Gasteiger partial charge in [-0.3, -0.25) is 0 Å². The Hall–Kier alpha value is -2.17. The summed E-state index contributed by atoms with van der Waals surface area (Å²) in [4.78, 5) is 14.6. The Morgan fingerprint density at radius 3 is 2.80 bits per heavy atom. The van der Waals surface area contributed by atoms with Crippen molar-refractivity contribution in [2.45, 2.75) is 52.4 Å². The SMILES string of the molecule is CCCCOC(=O)NCCCCCCOc1cccc2[nH]cc(C)c12. The fraction of sp³-hybridized carbons (Fsp3) is 0.550. The summed E-state index contributed by atoms with van der Waals surface area (Å²) in [5.41, 5.74) is 2.33. The van der Waals surface area contributed by atoms with E-state index in [0.717, 1.165) is 56.4 Å². The van der Waals surface area contributed by atoms with Gasteiger partial charge in [-0.1, -0.05) is 32.3 Å². The van der Waals surface area contributed by atoms with Crippen molar-refractivity contribution in [3.8, 4) is 5.75 Å². The maximum atomic E-state index is 11.4. The average Bonchev–Trinajstić information content (AvgIpc) is 2.99. The lowest BCUT2D eigenvalue weighted by Gasteiger charge is -2.09. The molecular weight excluding hydrogens is 316 g/mol.